The minimum absolute atomic E-state index is 0.0139. The highest BCUT2D eigenvalue weighted by Crippen LogP contribution is 2.33. The predicted molar refractivity (Wildman–Crippen MR) is 112 cm³/mol. The Morgan fingerprint density at radius 1 is 1.17 bits per heavy atom. The molecule has 2 aromatic carbocycles. The smallest absolute Gasteiger partial charge is 0.265 e. The van der Waals surface area contributed by atoms with Crippen molar-refractivity contribution in [3.63, 3.8) is 0 Å². The monoisotopic (exact) mass is 407 g/mol. The van der Waals surface area contributed by atoms with Crippen LogP contribution in [0.15, 0.2) is 42.5 Å². The first kappa shape index (κ1) is 19.9. The van der Waals surface area contributed by atoms with Crippen molar-refractivity contribution in [2.45, 2.75) is 38.8 Å². The van der Waals surface area contributed by atoms with Gasteiger partial charge in [0.05, 0.1) is 12.2 Å². The molecule has 2 aromatic rings. The van der Waals surface area contributed by atoms with Gasteiger partial charge in [-0.15, -0.1) is 0 Å². The molecule has 0 spiro atoms. The highest BCUT2D eigenvalue weighted by molar-refractivity contribution is 5.98. The van der Waals surface area contributed by atoms with E-state index >= 15 is 0 Å². The van der Waals surface area contributed by atoms with Gasteiger partial charge in [0.1, 0.15) is 11.8 Å². The summed E-state index contributed by atoms with van der Waals surface area (Å²) in [4.78, 5) is 38.7. The molecule has 2 aliphatic rings. The Balaban J connectivity index is 1.45. The fourth-order valence-electron chi connectivity index (χ4n) is 3.75. The Hall–Kier alpha value is -3.35. The Morgan fingerprint density at radius 3 is 2.77 bits per heavy atom. The summed E-state index contributed by atoms with van der Waals surface area (Å²) in [6.07, 6.45) is 2.47. The Labute approximate surface area is 175 Å². The van der Waals surface area contributed by atoms with E-state index in [0.717, 1.165) is 29.7 Å². The number of amides is 3. The SMILES string of the molecule is Cc1ccc2c(c1)N(Cc1ccc(C(=O)NC3CCCCNC3=O)cc1)C(=O)CO2. The maximum Gasteiger partial charge on any atom is 0.265 e. The van der Waals surface area contributed by atoms with E-state index in [0.29, 0.717) is 30.8 Å². The number of carbonyl (C=O) groups is 3. The molecule has 0 bridgehead atoms. The van der Waals surface area contributed by atoms with Gasteiger partial charge in [0.25, 0.3) is 11.8 Å². The van der Waals surface area contributed by atoms with Gasteiger partial charge < -0.3 is 20.3 Å². The van der Waals surface area contributed by atoms with Crippen LogP contribution in [-0.2, 0) is 16.1 Å². The Bertz CT molecular complexity index is 971. The molecule has 2 N–H and O–H groups in total. The predicted octanol–water partition coefficient (Wildman–Crippen LogP) is 2.32. The van der Waals surface area contributed by atoms with E-state index in [1.54, 1.807) is 17.0 Å². The average Bonchev–Trinajstić information content (AvgIpc) is 2.95. The molecule has 2 aliphatic heterocycles. The first-order valence-corrected chi connectivity index (χ1v) is 10.2. The molecule has 1 atom stereocenters. The van der Waals surface area contributed by atoms with Gasteiger partial charge in [0.2, 0.25) is 5.91 Å². The highest BCUT2D eigenvalue weighted by atomic mass is 16.5. The van der Waals surface area contributed by atoms with Gasteiger partial charge in [-0.1, -0.05) is 18.2 Å². The quantitative estimate of drug-likeness (QED) is 0.814. The molecule has 156 valence electrons. The third-order valence-electron chi connectivity index (χ3n) is 5.45. The zero-order chi connectivity index (χ0) is 21.1. The number of fused-ring (bicyclic) bond motifs is 1. The maximum atomic E-state index is 12.6. The van der Waals surface area contributed by atoms with Crippen molar-refractivity contribution in [3.05, 3.63) is 59.2 Å². The Kier molecular flexibility index (Phi) is 5.70. The van der Waals surface area contributed by atoms with Crippen molar-refractivity contribution >= 4 is 23.4 Å². The summed E-state index contributed by atoms with van der Waals surface area (Å²) in [7, 11) is 0. The first-order chi connectivity index (χ1) is 14.5. The maximum absolute atomic E-state index is 12.6. The van der Waals surface area contributed by atoms with Crippen LogP contribution in [-0.4, -0.2) is 36.9 Å². The van der Waals surface area contributed by atoms with Crippen LogP contribution in [0.25, 0.3) is 0 Å². The highest BCUT2D eigenvalue weighted by Gasteiger charge is 2.26. The van der Waals surface area contributed by atoms with Crippen molar-refractivity contribution in [1.29, 1.82) is 0 Å². The van der Waals surface area contributed by atoms with Gasteiger partial charge in [0.15, 0.2) is 6.61 Å². The summed E-state index contributed by atoms with van der Waals surface area (Å²) in [5.74, 6) is 0.191. The number of benzene rings is 2. The lowest BCUT2D eigenvalue weighted by molar-refractivity contribution is -0.123. The lowest BCUT2D eigenvalue weighted by Crippen LogP contribution is -2.45. The molecule has 7 heteroatoms. The number of nitrogens with zero attached hydrogens (tertiary/aromatic N) is 1. The summed E-state index contributed by atoms with van der Waals surface area (Å²) in [5.41, 5.74) is 3.20. The van der Waals surface area contributed by atoms with Crippen molar-refractivity contribution in [2.75, 3.05) is 18.1 Å². The number of rotatable bonds is 4. The first-order valence-electron chi connectivity index (χ1n) is 10.2. The second kappa shape index (κ2) is 8.57. The molecule has 0 aliphatic carbocycles. The normalized spacial score (nSPS) is 18.7. The van der Waals surface area contributed by atoms with E-state index in [2.05, 4.69) is 10.6 Å². The van der Waals surface area contributed by atoms with Crippen molar-refractivity contribution in [1.82, 2.24) is 10.6 Å². The minimum Gasteiger partial charge on any atom is -0.482 e. The molecule has 0 radical (unpaired) electrons. The van der Waals surface area contributed by atoms with E-state index in [9.17, 15) is 14.4 Å². The summed E-state index contributed by atoms with van der Waals surface area (Å²) >= 11 is 0. The summed E-state index contributed by atoms with van der Waals surface area (Å²) in [6, 6.07) is 12.4. The van der Waals surface area contributed by atoms with E-state index < -0.39 is 6.04 Å². The minimum atomic E-state index is -0.495. The number of hydrogen-bond acceptors (Lipinski definition) is 4. The van der Waals surface area contributed by atoms with Crippen LogP contribution in [0.1, 0.15) is 40.7 Å². The fourth-order valence-corrected chi connectivity index (χ4v) is 3.75. The summed E-state index contributed by atoms with van der Waals surface area (Å²) < 4.78 is 5.52. The summed E-state index contributed by atoms with van der Waals surface area (Å²) in [6.45, 7) is 3.04. The van der Waals surface area contributed by atoms with Gasteiger partial charge >= 0.3 is 0 Å². The molecule has 1 unspecified atom stereocenters. The number of anilines is 1. The van der Waals surface area contributed by atoms with Crippen LogP contribution in [0, 0.1) is 6.92 Å². The van der Waals surface area contributed by atoms with Crippen molar-refractivity contribution in [3.8, 4) is 5.75 Å². The topological polar surface area (TPSA) is 87.7 Å². The Morgan fingerprint density at radius 2 is 1.97 bits per heavy atom. The van der Waals surface area contributed by atoms with E-state index in [-0.39, 0.29) is 24.3 Å². The van der Waals surface area contributed by atoms with Crippen LogP contribution in [0.3, 0.4) is 0 Å². The van der Waals surface area contributed by atoms with Gasteiger partial charge in [-0.3, -0.25) is 14.4 Å². The molecule has 0 saturated carbocycles. The largest absolute Gasteiger partial charge is 0.482 e. The van der Waals surface area contributed by atoms with Gasteiger partial charge in [-0.25, -0.2) is 0 Å². The molecule has 4 rings (SSSR count). The molecule has 2 heterocycles. The molecule has 1 fully saturated rings. The summed E-state index contributed by atoms with van der Waals surface area (Å²) in [5, 5.41) is 5.64. The van der Waals surface area contributed by atoms with Crippen molar-refractivity contribution < 1.29 is 19.1 Å². The second-order valence-corrected chi connectivity index (χ2v) is 7.75. The fraction of sp³-hybridized carbons (Fsp3) is 0.348. The van der Waals surface area contributed by atoms with Gasteiger partial charge in [-0.2, -0.15) is 0 Å². The zero-order valence-electron chi connectivity index (χ0n) is 16.9. The molecule has 3 amide bonds. The number of aryl methyl sites for hydroxylation is 1. The third-order valence-corrected chi connectivity index (χ3v) is 5.45. The molecule has 1 saturated heterocycles. The van der Waals surface area contributed by atoms with E-state index in [4.69, 9.17) is 4.74 Å². The molecule has 0 aromatic heterocycles. The third kappa shape index (κ3) is 4.30. The van der Waals surface area contributed by atoms with Gasteiger partial charge in [0, 0.05) is 12.1 Å². The van der Waals surface area contributed by atoms with Crippen LogP contribution in [0.5, 0.6) is 5.75 Å². The average molecular weight is 407 g/mol. The molecular formula is C23H25N3O4. The number of nitrogens with one attached hydrogen (secondary N) is 2. The standard InChI is InChI=1S/C23H25N3O4/c1-15-5-10-20-19(12-15)26(21(27)14-30-20)13-16-6-8-17(9-7-16)22(28)25-18-4-2-3-11-24-23(18)29/h5-10,12,18H,2-4,11,13-14H2,1H3,(H,24,29)(H,25,28). The van der Waals surface area contributed by atoms with Crippen molar-refractivity contribution in [2.24, 2.45) is 0 Å². The van der Waals surface area contributed by atoms with Crippen LogP contribution in [0.4, 0.5) is 5.69 Å². The molecular weight excluding hydrogens is 382 g/mol. The lowest BCUT2D eigenvalue weighted by atomic mass is 10.1. The molecule has 30 heavy (non-hydrogen) atoms. The number of hydrogen-bond donors (Lipinski definition) is 2. The second-order valence-electron chi connectivity index (χ2n) is 7.75. The van der Waals surface area contributed by atoms with Crippen LogP contribution >= 0.6 is 0 Å². The number of carbonyl (C=O) groups excluding carboxylic acids is 3. The van der Waals surface area contributed by atoms with E-state index in [1.165, 1.54) is 0 Å². The van der Waals surface area contributed by atoms with Crippen LogP contribution in [0.2, 0.25) is 0 Å². The van der Waals surface area contributed by atoms with Gasteiger partial charge in [-0.05, 0) is 61.6 Å². The number of ether oxygens (including phenoxy) is 1. The van der Waals surface area contributed by atoms with E-state index in [1.807, 2.05) is 37.3 Å². The molecule has 7 nitrogen and oxygen atoms in total. The van der Waals surface area contributed by atoms with Crippen LogP contribution < -0.4 is 20.3 Å². The lowest BCUT2D eigenvalue weighted by Gasteiger charge is -2.29. The zero-order valence-corrected chi connectivity index (χ0v) is 16.9.